The maximum absolute atomic E-state index is 11.7. The van der Waals surface area contributed by atoms with E-state index in [1.807, 2.05) is 0 Å². The normalized spacial score (nSPS) is 25.1. The number of nitrogens with two attached hydrogens (primary N) is 1. The van der Waals surface area contributed by atoms with E-state index in [9.17, 15) is 9.59 Å². The third kappa shape index (κ3) is 4.18. The van der Waals surface area contributed by atoms with Crippen molar-refractivity contribution in [1.82, 2.24) is 10.6 Å². The SMILES string of the molecule is CCC1CCNC(C(=O)NCCC(N)=O)C1. The van der Waals surface area contributed by atoms with Gasteiger partial charge in [0.1, 0.15) is 0 Å². The molecule has 0 bridgehead atoms. The van der Waals surface area contributed by atoms with E-state index in [-0.39, 0.29) is 24.3 Å². The van der Waals surface area contributed by atoms with Crippen LogP contribution in [-0.4, -0.2) is 30.9 Å². The molecule has 1 aliphatic heterocycles. The van der Waals surface area contributed by atoms with Crippen LogP contribution in [0.5, 0.6) is 0 Å². The Labute approximate surface area is 96.1 Å². The number of carbonyl (C=O) groups is 2. The highest BCUT2D eigenvalue weighted by Gasteiger charge is 2.25. The number of nitrogens with one attached hydrogen (secondary N) is 2. The summed E-state index contributed by atoms with van der Waals surface area (Å²) in [5.74, 6) is 0.232. The highest BCUT2D eigenvalue weighted by Crippen LogP contribution is 2.19. The van der Waals surface area contributed by atoms with Crippen LogP contribution in [-0.2, 0) is 9.59 Å². The van der Waals surface area contributed by atoms with Gasteiger partial charge in [0.2, 0.25) is 11.8 Å². The van der Waals surface area contributed by atoms with Gasteiger partial charge in [0.25, 0.3) is 0 Å². The van der Waals surface area contributed by atoms with Gasteiger partial charge in [-0.1, -0.05) is 13.3 Å². The Morgan fingerprint density at radius 2 is 2.25 bits per heavy atom. The fourth-order valence-corrected chi connectivity index (χ4v) is 2.00. The zero-order chi connectivity index (χ0) is 12.0. The van der Waals surface area contributed by atoms with Crippen molar-refractivity contribution >= 4 is 11.8 Å². The topological polar surface area (TPSA) is 84.2 Å². The van der Waals surface area contributed by atoms with E-state index in [2.05, 4.69) is 17.6 Å². The average molecular weight is 227 g/mol. The van der Waals surface area contributed by atoms with Crippen LogP contribution in [0.1, 0.15) is 32.6 Å². The molecular formula is C11H21N3O2. The van der Waals surface area contributed by atoms with Crippen molar-refractivity contribution in [2.75, 3.05) is 13.1 Å². The molecule has 1 fully saturated rings. The van der Waals surface area contributed by atoms with Crippen LogP contribution >= 0.6 is 0 Å². The van der Waals surface area contributed by atoms with Crippen LogP contribution in [0, 0.1) is 5.92 Å². The maximum atomic E-state index is 11.7. The quantitative estimate of drug-likeness (QED) is 0.606. The summed E-state index contributed by atoms with van der Waals surface area (Å²) >= 11 is 0. The Kier molecular flexibility index (Phi) is 5.25. The minimum absolute atomic E-state index is 0.0144. The Morgan fingerprint density at radius 1 is 1.50 bits per heavy atom. The van der Waals surface area contributed by atoms with Gasteiger partial charge in [-0.2, -0.15) is 0 Å². The Balaban J connectivity index is 2.27. The lowest BCUT2D eigenvalue weighted by Crippen LogP contribution is -2.49. The number of piperidine rings is 1. The molecule has 16 heavy (non-hydrogen) atoms. The summed E-state index contributed by atoms with van der Waals surface area (Å²) in [4.78, 5) is 22.2. The van der Waals surface area contributed by atoms with E-state index in [0.717, 1.165) is 25.8 Å². The molecule has 0 radical (unpaired) electrons. The molecule has 0 aliphatic carbocycles. The maximum Gasteiger partial charge on any atom is 0.237 e. The van der Waals surface area contributed by atoms with E-state index in [1.54, 1.807) is 0 Å². The summed E-state index contributed by atoms with van der Waals surface area (Å²) in [6, 6.07) is -0.105. The second-order valence-corrected chi connectivity index (χ2v) is 4.31. The van der Waals surface area contributed by atoms with Crippen LogP contribution < -0.4 is 16.4 Å². The van der Waals surface area contributed by atoms with E-state index in [0.29, 0.717) is 12.5 Å². The van der Waals surface area contributed by atoms with E-state index < -0.39 is 0 Å². The Morgan fingerprint density at radius 3 is 2.88 bits per heavy atom. The molecule has 2 unspecified atom stereocenters. The van der Waals surface area contributed by atoms with Crippen LogP contribution in [0.2, 0.25) is 0 Å². The van der Waals surface area contributed by atoms with Gasteiger partial charge in [0.05, 0.1) is 6.04 Å². The lowest BCUT2D eigenvalue weighted by molar-refractivity contribution is -0.124. The third-order valence-corrected chi connectivity index (χ3v) is 3.08. The van der Waals surface area contributed by atoms with E-state index >= 15 is 0 Å². The fourth-order valence-electron chi connectivity index (χ4n) is 2.00. The zero-order valence-electron chi connectivity index (χ0n) is 9.79. The molecule has 4 N–H and O–H groups in total. The molecule has 0 aromatic rings. The molecule has 1 rings (SSSR count). The molecule has 0 aromatic carbocycles. The number of rotatable bonds is 5. The predicted molar refractivity (Wildman–Crippen MR) is 61.6 cm³/mol. The first-order chi connectivity index (χ1) is 7.63. The molecular weight excluding hydrogens is 206 g/mol. The van der Waals surface area contributed by atoms with Crippen LogP contribution in [0.3, 0.4) is 0 Å². The molecule has 1 heterocycles. The highest BCUT2D eigenvalue weighted by molar-refractivity contribution is 5.82. The van der Waals surface area contributed by atoms with Crippen molar-refractivity contribution in [1.29, 1.82) is 0 Å². The second-order valence-electron chi connectivity index (χ2n) is 4.31. The number of primary amides is 1. The van der Waals surface area contributed by atoms with Gasteiger partial charge in [0, 0.05) is 13.0 Å². The minimum atomic E-state index is -0.386. The van der Waals surface area contributed by atoms with Gasteiger partial charge < -0.3 is 16.4 Å². The minimum Gasteiger partial charge on any atom is -0.370 e. The van der Waals surface area contributed by atoms with Gasteiger partial charge in [-0.05, 0) is 25.3 Å². The third-order valence-electron chi connectivity index (χ3n) is 3.08. The molecule has 0 saturated carbocycles. The van der Waals surface area contributed by atoms with E-state index in [4.69, 9.17) is 5.73 Å². The number of carbonyl (C=O) groups excluding carboxylic acids is 2. The second kappa shape index (κ2) is 6.48. The molecule has 1 saturated heterocycles. The largest absolute Gasteiger partial charge is 0.370 e. The summed E-state index contributed by atoms with van der Waals surface area (Å²) in [7, 11) is 0. The molecule has 0 aromatic heterocycles. The molecule has 2 atom stereocenters. The zero-order valence-corrected chi connectivity index (χ0v) is 9.79. The van der Waals surface area contributed by atoms with Crippen molar-refractivity contribution in [2.24, 2.45) is 11.7 Å². The molecule has 92 valence electrons. The lowest BCUT2D eigenvalue weighted by Gasteiger charge is -2.28. The highest BCUT2D eigenvalue weighted by atomic mass is 16.2. The van der Waals surface area contributed by atoms with Crippen LogP contribution in [0.25, 0.3) is 0 Å². The van der Waals surface area contributed by atoms with Gasteiger partial charge in [0.15, 0.2) is 0 Å². The smallest absolute Gasteiger partial charge is 0.237 e. The van der Waals surface area contributed by atoms with Gasteiger partial charge in [-0.25, -0.2) is 0 Å². The fraction of sp³-hybridized carbons (Fsp3) is 0.818. The summed E-state index contributed by atoms with van der Waals surface area (Å²) in [6.07, 6.45) is 3.35. The van der Waals surface area contributed by atoms with Crippen molar-refractivity contribution in [3.63, 3.8) is 0 Å². The first-order valence-corrected chi connectivity index (χ1v) is 5.93. The number of hydrogen-bond donors (Lipinski definition) is 3. The molecule has 5 nitrogen and oxygen atoms in total. The van der Waals surface area contributed by atoms with Gasteiger partial charge in [-0.3, -0.25) is 9.59 Å². The standard InChI is InChI=1S/C11H21N3O2/c1-2-8-3-5-13-9(7-8)11(16)14-6-4-10(12)15/h8-9,13H,2-7H2,1H3,(H2,12,15)(H,14,16). The Hall–Kier alpha value is -1.10. The van der Waals surface area contributed by atoms with Crippen molar-refractivity contribution < 1.29 is 9.59 Å². The van der Waals surface area contributed by atoms with E-state index in [1.165, 1.54) is 0 Å². The summed E-state index contributed by atoms with van der Waals surface area (Å²) in [5, 5.41) is 5.92. The molecule has 1 aliphatic rings. The Bertz CT molecular complexity index is 256. The summed E-state index contributed by atoms with van der Waals surface area (Å²) in [6.45, 7) is 3.38. The molecule has 2 amide bonds. The summed E-state index contributed by atoms with van der Waals surface area (Å²) < 4.78 is 0. The van der Waals surface area contributed by atoms with Crippen molar-refractivity contribution in [2.45, 2.75) is 38.6 Å². The first kappa shape index (κ1) is 13.0. The van der Waals surface area contributed by atoms with Gasteiger partial charge in [-0.15, -0.1) is 0 Å². The monoisotopic (exact) mass is 227 g/mol. The first-order valence-electron chi connectivity index (χ1n) is 5.93. The van der Waals surface area contributed by atoms with Crippen molar-refractivity contribution in [3.8, 4) is 0 Å². The van der Waals surface area contributed by atoms with Gasteiger partial charge >= 0.3 is 0 Å². The number of hydrogen-bond acceptors (Lipinski definition) is 3. The average Bonchev–Trinajstić information content (AvgIpc) is 2.28. The molecule has 5 heteroatoms. The predicted octanol–water partition coefficient (Wildman–Crippen LogP) is -0.244. The molecule has 0 spiro atoms. The number of amides is 2. The van der Waals surface area contributed by atoms with Crippen molar-refractivity contribution in [3.05, 3.63) is 0 Å². The van der Waals surface area contributed by atoms with Crippen LogP contribution in [0.15, 0.2) is 0 Å². The van der Waals surface area contributed by atoms with Crippen LogP contribution in [0.4, 0.5) is 0 Å². The lowest BCUT2D eigenvalue weighted by atomic mass is 9.90. The summed E-state index contributed by atoms with van der Waals surface area (Å²) in [5.41, 5.74) is 4.99.